The number of hydrogen-bond donors (Lipinski definition) is 2. The molecule has 0 fully saturated rings. The Morgan fingerprint density at radius 3 is 2.52 bits per heavy atom. The summed E-state index contributed by atoms with van der Waals surface area (Å²) in [5.41, 5.74) is 8.63. The molecule has 1 amide bonds. The fourth-order valence-electron chi connectivity index (χ4n) is 2.99. The topological polar surface area (TPSA) is 121 Å². The number of nitrogens with two attached hydrogens (primary N) is 1. The molecule has 9 heteroatoms. The minimum absolute atomic E-state index is 0.335. The van der Waals surface area contributed by atoms with Gasteiger partial charge in [-0.1, -0.05) is 26.8 Å². The molecule has 0 radical (unpaired) electrons. The molecule has 29 heavy (non-hydrogen) atoms. The van der Waals surface area contributed by atoms with Crippen molar-refractivity contribution in [1.29, 1.82) is 0 Å². The molecule has 0 saturated heterocycles. The molecule has 0 aliphatic rings. The number of carbonyl (C=O) groups excluding carboxylic acids is 1. The van der Waals surface area contributed by atoms with Crippen molar-refractivity contribution in [2.75, 3.05) is 5.32 Å². The summed E-state index contributed by atoms with van der Waals surface area (Å²) in [6.45, 7) is 7.82. The first kappa shape index (κ1) is 20.2. The summed E-state index contributed by atoms with van der Waals surface area (Å²) >= 11 is 0. The second-order valence-corrected chi connectivity index (χ2v) is 7.85. The van der Waals surface area contributed by atoms with E-state index in [1.54, 1.807) is 23.1 Å². The van der Waals surface area contributed by atoms with Crippen LogP contribution in [0.15, 0.2) is 36.8 Å². The molecule has 9 nitrogen and oxygen atoms in total. The van der Waals surface area contributed by atoms with Crippen molar-refractivity contribution in [3.8, 4) is 11.4 Å². The minimum atomic E-state index is -0.810. The van der Waals surface area contributed by atoms with Gasteiger partial charge < -0.3 is 15.8 Å². The Kier molecular flexibility index (Phi) is 5.49. The van der Waals surface area contributed by atoms with Crippen LogP contribution >= 0.6 is 0 Å². The average molecular weight is 395 g/mol. The summed E-state index contributed by atoms with van der Waals surface area (Å²) in [4.78, 5) is 24.8. The first-order valence-corrected chi connectivity index (χ1v) is 9.16. The predicted octanol–water partition coefficient (Wildman–Crippen LogP) is 3.51. The molecular weight excluding hydrogens is 370 g/mol. The van der Waals surface area contributed by atoms with Crippen molar-refractivity contribution in [1.82, 2.24) is 24.7 Å². The molecule has 3 heterocycles. The highest BCUT2D eigenvalue weighted by Gasteiger charge is 2.31. The smallest absolute Gasteiger partial charge is 0.405 e. The number of aryl methyl sites for hydroxylation is 2. The summed E-state index contributed by atoms with van der Waals surface area (Å²) in [5, 5.41) is 7.23. The number of aromatic nitrogens is 5. The van der Waals surface area contributed by atoms with Gasteiger partial charge in [-0.3, -0.25) is 9.67 Å². The Labute approximate surface area is 169 Å². The van der Waals surface area contributed by atoms with Crippen LogP contribution in [-0.2, 0) is 11.8 Å². The van der Waals surface area contributed by atoms with Gasteiger partial charge in [0.2, 0.25) is 5.95 Å². The molecule has 152 valence electrons. The SMILES string of the molecule is Cc1nc(-c2ccnc(Nc3cnn(C)c3)n2)ccc1C(OC(N)=O)C(C)(C)C. The third-order valence-corrected chi connectivity index (χ3v) is 4.31. The van der Waals surface area contributed by atoms with Crippen molar-refractivity contribution < 1.29 is 9.53 Å². The zero-order valence-corrected chi connectivity index (χ0v) is 17.2. The zero-order valence-electron chi connectivity index (χ0n) is 17.2. The van der Waals surface area contributed by atoms with Crippen molar-refractivity contribution >= 4 is 17.7 Å². The van der Waals surface area contributed by atoms with Crippen LogP contribution in [0.2, 0.25) is 0 Å². The third kappa shape index (κ3) is 4.87. The Bertz CT molecular complexity index is 1020. The number of pyridine rings is 1. The highest BCUT2D eigenvalue weighted by atomic mass is 16.6. The van der Waals surface area contributed by atoms with Gasteiger partial charge in [0.05, 0.1) is 23.3 Å². The number of anilines is 2. The van der Waals surface area contributed by atoms with Crippen LogP contribution < -0.4 is 11.1 Å². The van der Waals surface area contributed by atoms with Crippen molar-refractivity contribution in [2.24, 2.45) is 18.2 Å². The van der Waals surface area contributed by atoms with Gasteiger partial charge in [0.25, 0.3) is 0 Å². The van der Waals surface area contributed by atoms with E-state index in [9.17, 15) is 4.79 Å². The average Bonchev–Trinajstić information content (AvgIpc) is 3.04. The second-order valence-electron chi connectivity index (χ2n) is 7.85. The molecule has 0 saturated carbocycles. The highest BCUT2D eigenvalue weighted by molar-refractivity contribution is 5.65. The maximum absolute atomic E-state index is 11.4. The highest BCUT2D eigenvalue weighted by Crippen LogP contribution is 2.37. The standard InChI is InChI=1S/C20H25N7O2/c1-12-14(17(20(2,3)4)29-18(21)28)6-7-15(24-12)16-8-9-22-19(26-16)25-13-10-23-27(5)11-13/h6-11,17H,1-5H3,(H2,21,28)(H,22,25,26). The van der Waals surface area contributed by atoms with E-state index in [-0.39, 0.29) is 5.41 Å². The first-order valence-electron chi connectivity index (χ1n) is 9.16. The summed E-state index contributed by atoms with van der Waals surface area (Å²) in [5.74, 6) is 0.448. The lowest BCUT2D eigenvalue weighted by Crippen LogP contribution is -2.27. The maximum atomic E-state index is 11.4. The normalized spacial score (nSPS) is 12.4. The van der Waals surface area contributed by atoms with E-state index in [0.717, 1.165) is 16.9 Å². The molecule has 3 aromatic heterocycles. The maximum Gasteiger partial charge on any atom is 0.405 e. The van der Waals surface area contributed by atoms with E-state index >= 15 is 0 Å². The van der Waals surface area contributed by atoms with E-state index < -0.39 is 12.2 Å². The lowest BCUT2D eigenvalue weighted by molar-refractivity contribution is 0.0353. The van der Waals surface area contributed by atoms with Crippen molar-refractivity contribution in [3.63, 3.8) is 0 Å². The van der Waals surface area contributed by atoms with Crippen molar-refractivity contribution in [2.45, 2.75) is 33.8 Å². The minimum Gasteiger partial charge on any atom is -0.441 e. The van der Waals surface area contributed by atoms with E-state index in [2.05, 4.69) is 25.4 Å². The number of ether oxygens (including phenoxy) is 1. The molecule has 1 unspecified atom stereocenters. The van der Waals surface area contributed by atoms with E-state index in [0.29, 0.717) is 17.3 Å². The molecule has 0 aromatic carbocycles. The van der Waals surface area contributed by atoms with Gasteiger partial charge in [0.15, 0.2) is 0 Å². The molecule has 1 atom stereocenters. The number of hydrogen-bond acceptors (Lipinski definition) is 7. The van der Waals surface area contributed by atoms with Crippen LogP contribution in [0.1, 0.15) is 38.1 Å². The molecular formula is C20H25N7O2. The number of rotatable bonds is 5. The molecule has 0 bridgehead atoms. The summed E-state index contributed by atoms with van der Waals surface area (Å²) < 4.78 is 7.06. The van der Waals surface area contributed by atoms with Gasteiger partial charge in [0, 0.05) is 36.1 Å². The Morgan fingerprint density at radius 2 is 1.93 bits per heavy atom. The van der Waals surface area contributed by atoms with E-state index in [1.165, 1.54) is 0 Å². The third-order valence-electron chi connectivity index (χ3n) is 4.31. The van der Waals surface area contributed by atoms with Crippen LogP contribution in [0.4, 0.5) is 16.4 Å². The van der Waals surface area contributed by atoms with Gasteiger partial charge in [0.1, 0.15) is 6.10 Å². The Balaban J connectivity index is 1.90. The molecule has 3 rings (SSSR count). The van der Waals surface area contributed by atoms with Crippen LogP contribution in [0.5, 0.6) is 0 Å². The summed E-state index contributed by atoms with van der Waals surface area (Å²) in [6.07, 6.45) is 3.88. The molecule has 3 aromatic rings. The fourth-order valence-corrected chi connectivity index (χ4v) is 2.99. The van der Waals surface area contributed by atoms with Gasteiger partial charge in [-0.05, 0) is 19.1 Å². The molecule has 0 aliphatic carbocycles. The van der Waals surface area contributed by atoms with E-state index in [4.69, 9.17) is 10.5 Å². The molecule has 3 N–H and O–H groups in total. The fraction of sp³-hybridized carbons (Fsp3) is 0.350. The number of nitrogens with zero attached hydrogens (tertiary/aromatic N) is 5. The van der Waals surface area contributed by atoms with Crippen LogP contribution in [-0.4, -0.2) is 30.8 Å². The van der Waals surface area contributed by atoms with Gasteiger partial charge in [-0.25, -0.2) is 14.8 Å². The monoisotopic (exact) mass is 395 g/mol. The zero-order chi connectivity index (χ0) is 21.2. The Hall–Kier alpha value is -3.49. The summed E-state index contributed by atoms with van der Waals surface area (Å²) in [7, 11) is 1.84. The lowest BCUT2D eigenvalue weighted by atomic mass is 9.84. The lowest BCUT2D eigenvalue weighted by Gasteiger charge is -2.30. The molecule has 0 spiro atoms. The summed E-state index contributed by atoms with van der Waals surface area (Å²) in [6, 6.07) is 5.53. The van der Waals surface area contributed by atoms with Gasteiger partial charge in [-0.15, -0.1) is 0 Å². The van der Waals surface area contributed by atoms with E-state index in [1.807, 2.05) is 53.1 Å². The van der Waals surface area contributed by atoms with Crippen LogP contribution in [0, 0.1) is 12.3 Å². The number of nitrogens with one attached hydrogen (secondary N) is 1. The second kappa shape index (κ2) is 7.86. The Morgan fingerprint density at radius 1 is 1.21 bits per heavy atom. The van der Waals surface area contributed by atoms with Gasteiger partial charge >= 0.3 is 6.09 Å². The first-order chi connectivity index (χ1) is 13.6. The van der Waals surface area contributed by atoms with Crippen molar-refractivity contribution in [3.05, 3.63) is 48.0 Å². The number of primary amides is 1. The molecule has 0 aliphatic heterocycles. The van der Waals surface area contributed by atoms with Crippen LogP contribution in [0.25, 0.3) is 11.4 Å². The largest absolute Gasteiger partial charge is 0.441 e. The predicted molar refractivity (Wildman–Crippen MR) is 109 cm³/mol. The number of amides is 1. The quantitative estimate of drug-likeness (QED) is 0.678. The number of carbonyl (C=O) groups is 1. The van der Waals surface area contributed by atoms with Gasteiger partial charge in [-0.2, -0.15) is 5.10 Å². The van der Waals surface area contributed by atoms with Crippen LogP contribution in [0.3, 0.4) is 0 Å².